The lowest BCUT2D eigenvalue weighted by atomic mass is 10.2. The van der Waals surface area contributed by atoms with E-state index in [0.29, 0.717) is 0 Å². The standard InChI is InChI=1S/C18H42O4Si2/c1-15(2,3)19-23(13,20-16(4,5)6)24(14,21-17(7,8)9)22-18(10,11)12/h1-14H3. The van der Waals surface area contributed by atoms with Crippen molar-refractivity contribution in [2.75, 3.05) is 0 Å². The summed E-state index contributed by atoms with van der Waals surface area (Å²) in [5, 5.41) is 0. The van der Waals surface area contributed by atoms with E-state index in [1.165, 1.54) is 0 Å². The van der Waals surface area contributed by atoms with Crippen LogP contribution in [0.1, 0.15) is 83.1 Å². The molecular formula is C18H42O4Si2. The second-order valence-electron chi connectivity index (χ2n) is 10.7. The number of hydrogen-bond donors (Lipinski definition) is 0. The average Bonchev–Trinajstić information content (AvgIpc) is 2.01. The van der Waals surface area contributed by atoms with Gasteiger partial charge in [-0.15, -0.1) is 0 Å². The fourth-order valence-electron chi connectivity index (χ4n) is 2.75. The van der Waals surface area contributed by atoms with E-state index >= 15 is 0 Å². The Bertz CT molecular complexity index is 337. The molecule has 0 aromatic carbocycles. The Hall–Kier alpha value is 0.274. The van der Waals surface area contributed by atoms with Gasteiger partial charge in [0.25, 0.3) is 0 Å². The molecule has 0 heterocycles. The monoisotopic (exact) mass is 378 g/mol. The van der Waals surface area contributed by atoms with Gasteiger partial charge in [0, 0.05) is 22.4 Å². The van der Waals surface area contributed by atoms with Crippen LogP contribution in [0.2, 0.25) is 13.1 Å². The predicted molar refractivity (Wildman–Crippen MR) is 107 cm³/mol. The summed E-state index contributed by atoms with van der Waals surface area (Å²) >= 11 is 0. The molecular weight excluding hydrogens is 336 g/mol. The van der Waals surface area contributed by atoms with Gasteiger partial charge in [0.05, 0.1) is 0 Å². The average molecular weight is 379 g/mol. The van der Waals surface area contributed by atoms with Crippen LogP contribution >= 0.6 is 0 Å². The highest BCUT2D eigenvalue weighted by atomic mass is 29.3. The van der Waals surface area contributed by atoms with E-state index in [1.807, 2.05) is 0 Å². The molecule has 0 spiro atoms. The quantitative estimate of drug-likeness (QED) is 0.594. The Kier molecular flexibility index (Phi) is 7.20. The van der Waals surface area contributed by atoms with Crippen molar-refractivity contribution in [1.29, 1.82) is 0 Å². The molecule has 0 aromatic heterocycles. The number of hydrogen-bond acceptors (Lipinski definition) is 4. The van der Waals surface area contributed by atoms with Crippen LogP contribution in [-0.4, -0.2) is 38.6 Å². The zero-order chi connectivity index (χ0) is 19.8. The van der Waals surface area contributed by atoms with Crippen LogP contribution < -0.4 is 0 Å². The summed E-state index contributed by atoms with van der Waals surface area (Å²) in [7, 11) is -5.60. The second kappa shape index (κ2) is 7.12. The first-order valence-electron chi connectivity index (χ1n) is 8.88. The Labute approximate surface area is 152 Å². The van der Waals surface area contributed by atoms with Crippen LogP contribution in [0.4, 0.5) is 0 Å². The molecule has 0 aliphatic heterocycles. The van der Waals surface area contributed by atoms with Gasteiger partial charge in [0.1, 0.15) is 0 Å². The first-order chi connectivity index (χ1) is 10.1. The van der Waals surface area contributed by atoms with Gasteiger partial charge in [-0.25, -0.2) is 0 Å². The third-order valence-electron chi connectivity index (χ3n) is 2.83. The Balaban J connectivity index is 6.14. The van der Waals surface area contributed by atoms with E-state index in [4.69, 9.17) is 17.7 Å². The molecule has 6 heteroatoms. The van der Waals surface area contributed by atoms with E-state index in [0.717, 1.165) is 0 Å². The van der Waals surface area contributed by atoms with Crippen molar-refractivity contribution in [1.82, 2.24) is 0 Å². The molecule has 0 aliphatic carbocycles. The molecule has 24 heavy (non-hydrogen) atoms. The van der Waals surface area contributed by atoms with Gasteiger partial charge in [-0.1, -0.05) is 0 Å². The molecule has 0 bridgehead atoms. The lowest BCUT2D eigenvalue weighted by molar-refractivity contribution is -0.0128. The van der Waals surface area contributed by atoms with Crippen LogP contribution in [0.25, 0.3) is 0 Å². The van der Waals surface area contributed by atoms with Crippen molar-refractivity contribution < 1.29 is 17.7 Å². The third kappa shape index (κ3) is 9.10. The van der Waals surface area contributed by atoms with Crippen molar-refractivity contribution in [2.45, 2.75) is 119 Å². The summed E-state index contributed by atoms with van der Waals surface area (Å²) in [6.45, 7) is 29.0. The summed E-state index contributed by atoms with van der Waals surface area (Å²) in [6.07, 6.45) is 0. The molecule has 0 fully saturated rings. The first kappa shape index (κ1) is 24.3. The predicted octanol–water partition coefficient (Wildman–Crippen LogP) is 5.47. The smallest absolute Gasteiger partial charge is 0.381 e. The van der Waals surface area contributed by atoms with Gasteiger partial charge >= 0.3 is 16.2 Å². The minimum atomic E-state index is -2.80. The largest absolute Gasteiger partial charge is 0.389 e. The Morgan fingerprint density at radius 1 is 0.375 bits per heavy atom. The van der Waals surface area contributed by atoms with Crippen LogP contribution in [0.5, 0.6) is 0 Å². The molecule has 0 atom stereocenters. The summed E-state index contributed by atoms with van der Waals surface area (Å²) in [4.78, 5) is 0. The third-order valence-corrected chi connectivity index (χ3v) is 14.7. The molecule has 0 N–H and O–H groups in total. The second-order valence-corrected chi connectivity index (χ2v) is 20.8. The normalized spacial score (nSPS) is 15.8. The SMILES string of the molecule is CC(C)(C)O[Si](C)(OC(C)(C)C)[Si](C)(OC(C)(C)C)OC(C)(C)C. The van der Waals surface area contributed by atoms with Gasteiger partial charge in [0.2, 0.25) is 0 Å². The van der Waals surface area contributed by atoms with Crippen molar-refractivity contribution in [2.24, 2.45) is 0 Å². The van der Waals surface area contributed by atoms with E-state index in [2.05, 4.69) is 96.2 Å². The molecule has 0 amide bonds. The van der Waals surface area contributed by atoms with Crippen molar-refractivity contribution >= 4 is 16.2 Å². The van der Waals surface area contributed by atoms with Gasteiger partial charge in [0.15, 0.2) is 0 Å². The van der Waals surface area contributed by atoms with Crippen molar-refractivity contribution in [3.8, 4) is 0 Å². The van der Waals surface area contributed by atoms with Crippen LogP contribution in [0.3, 0.4) is 0 Å². The first-order valence-corrected chi connectivity index (χ1v) is 14.5. The summed E-state index contributed by atoms with van der Waals surface area (Å²) in [6, 6.07) is 0. The molecule has 0 saturated carbocycles. The lowest BCUT2D eigenvalue weighted by Crippen LogP contribution is -2.73. The molecule has 4 nitrogen and oxygen atoms in total. The van der Waals surface area contributed by atoms with Gasteiger partial charge in [-0.2, -0.15) is 0 Å². The van der Waals surface area contributed by atoms with Crippen molar-refractivity contribution in [3.63, 3.8) is 0 Å². The van der Waals surface area contributed by atoms with Gasteiger partial charge in [-0.05, 0) is 96.2 Å². The molecule has 0 aromatic rings. The molecule has 0 saturated heterocycles. The Morgan fingerprint density at radius 2 is 0.500 bits per heavy atom. The number of rotatable bonds is 5. The highest BCUT2D eigenvalue weighted by molar-refractivity contribution is 7.31. The Morgan fingerprint density at radius 3 is 0.583 bits per heavy atom. The zero-order valence-electron chi connectivity index (χ0n) is 18.6. The van der Waals surface area contributed by atoms with Gasteiger partial charge in [-0.3, -0.25) is 0 Å². The molecule has 0 unspecified atom stereocenters. The summed E-state index contributed by atoms with van der Waals surface area (Å²) in [5.74, 6) is 0. The van der Waals surface area contributed by atoms with E-state index in [-0.39, 0.29) is 22.4 Å². The van der Waals surface area contributed by atoms with Crippen LogP contribution in [0, 0.1) is 0 Å². The molecule has 146 valence electrons. The fourth-order valence-corrected chi connectivity index (χ4v) is 14.1. The lowest BCUT2D eigenvalue weighted by Gasteiger charge is -2.50. The molecule has 0 radical (unpaired) electrons. The van der Waals surface area contributed by atoms with E-state index in [9.17, 15) is 0 Å². The highest BCUT2D eigenvalue weighted by Crippen LogP contribution is 2.37. The maximum Gasteiger partial charge on any atom is 0.381 e. The molecule has 0 rings (SSSR count). The maximum absolute atomic E-state index is 6.59. The summed E-state index contributed by atoms with van der Waals surface area (Å²) < 4.78 is 26.3. The van der Waals surface area contributed by atoms with E-state index < -0.39 is 16.2 Å². The topological polar surface area (TPSA) is 36.9 Å². The van der Waals surface area contributed by atoms with Crippen LogP contribution in [-0.2, 0) is 17.7 Å². The fraction of sp³-hybridized carbons (Fsp3) is 1.00. The zero-order valence-corrected chi connectivity index (χ0v) is 20.6. The van der Waals surface area contributed by atoms with Gasteiger partial charge < -0.3 is 17.7 Å². The minimum absolute atomic E-state index is 0.330. The summed E-state index contributed by atoms with van der Waals surface area (Å²) in [5.41, 5.74) is -1.32. The van der Waals surface area contributed by atoms with Crippen LogP contribution in [0.15, 0.2) is 0 Å². The highest BCUT2D eigenvalue weighted by Gasteiger charge is 2.63. The van der Waals surface area contributed by atoms with E-state index in [1.54, 1.807) is 0 Å². The maximum atomic E-state index is 6.59. The molecule has 0 aliphatic rings. The van der Waals surface area contributed by atoms with Crippen molar-refractivity contribution in [3.05, 3.63) is 0 Å². The minimum Gasteiger partial charge on any atom is -0.389 e.